The number of hydrogen-bond acceptors (Lipinski definition) is 6. The highest BCUT2D eigenvalue weighted by Gasteiger charge is 2.26. The highest BCUT2D eigenvalue weighted by Crippen LogP contribution is 2.23. The zero-order valence-corrected chi connectivity index (χ0v) is 14.7. The Bertz CT molecular complexity index is 794. The monoisotopic (exact) mass is 361 g/mol. The van der Waals surface area contributed by atoms with Crippen LogP contribution in [0.3, 0.4) is 0 Å². The molecule has 1 aromatic heterocycles. The minimum absolute atomic E-state index is 0.0518. The van der Waals surface area contributed by atoms with Crippen molar-refractivity contribution in [2.24, 2.45) is 0 Å². The lowest BCUT2D eigenvalue weighted by molar-refractivity contribution is 0.229. The molecule has 1 aromatic carbocycles. The van der Waals surface area contributed by atoms with Gasteiger partial charge >= 0.3 is 12.1 Å². The van der Waals surface area contributed by atoms with E-state index in [4.69, 9.17) is 5.73 Å². The van der Waals surface area contributed by atoms with Crippen molar-refractivity contribution < 1.29 is 9.59 Å². The number of anilines is 3. The van der Waals surface area contributed by atoms with Crippen molar-refractivity contribution in [3.63, 3.8) is 0 Å². The maximum absolute atomic E-state index is 12.2. The number of carbonyl (C=O) groups excluding carboxylic acids is 2. The number of aromatic nitrogens is 2. The van der Waals surface area contributed by atoms with E-state index in [0.717, 1.165) is 5.69 Å². The maximum atomic E-state index is 12.2. The summed E-state index contributed by atoms with van der Waals surface area (Å²) in [6.07, 6.45) is 0. The number of amides is 4. The van der Waals surface area contributed by atoms with Crippen LogP contribution in [-0.4, -0.2) is 47.3 Å². The molecule has 0 unspecified atom stereocenters. The number of nitrogens with two attached hydrogens (primary N) is 1. The number of benzene rings is 1. The number of urea groups is 2. The minimum atomic E-state index is -0.372. The fourth-order valence-electron chi connectivity index (χ4n) is 2.49. The molecule has 0 bridgehead atoms. The van der Waals surface area contributed by atoms with Gasteiger partial charge in [0.05, 0.1) is 6.04 Å². The number of carbonyl (C=O) groups is 2. The predicted molar refractivity (Wildman–Crippen MR) is 96.7 cm³/mol. The summed E-state index contributed by atoms with van der Waals surface area (Å²) in [5.41, 5.74) is 6.89. The Morgan fingerprint density at radius 1 is 1.36 bits per heavy atom. The molecule has 0 saturated carbocycles. The van der Waals surface area contributed by atoms with Crippen molar-refractivity contribution in [1.82, 2.24) is 20.4 Å². The molecule has 1 fully saturated rings. The van der Waals surface area contributed by atoms with Crippen LogP contribution in [-0.2, 0) is 0 Å². The van der Waals surface area contributed by atoms with Gasteiger partial charge in [-0.25, -0.2) is 9.59 Å². The van der Waals surface area contributed by atoms with Gasteiger partial charge in [-0.15, -0.1) is 10.2 Å². The van der Waals surface area contributed by atoms with E-state index in [1.165, 1.54) is 11.3 Å². The molecule has 132 valence electrons. The van der Waals surface area contributed by atoms with Crippen molar-refractivity contribution in [2.45, 2.75) is 13.0 Å². The van der Waals surface area contributed by atoms with E-state index in [9.17, 15) is 9.59 Å². The minimum Gasteiger partial charge on any atom is -0.374 e. The summed E-state index contributed by atoms with van der Waals surface area (Å²) in [6, 6.07) is 6.43. The second-order valence-electron chi connectivity index (χ2n) is 5.70. The van der Waals surface area contributed by atoms with Crippen molar-refractivity contribution in [2.75, 3.05) is 36.1 Å². The van der Waals surface area contributed by atoms with Crippen molar-refractivity contribution in [1.29, 1.82) is 0 Å². The topological polar surface area (TPSA) is 116 Å². The summed E-state index contributed by atoms with van der Waals surface area (Å²) in [6.45, 7) is 3.11. The van der Waals surface area contributed by atoms with Crippen LogP contribution in [0.1, 0.15) is 18.0 Å². The molecule has 0 aliphatic carbocycles. The predicted octanol–water partition coefficient (Wildman–Crippen LogP) is 1.87. The number of nitrogens with zero attached hydrogens (tertiary/aromatic N) is 4. The normalized spacial score (nSPS) is 15.4. The fraction of sp³-hybridized carbons (Fsp3) is 0.333. The highest BCUT2D eigenvalue weighted by molar-refractivity contribution is 7.15. The molecule has 1 aliphatic heterocycles. The summed E-state index contributed by atoms with van der Waals surface area (Å²) >= 11 is 1.23. The van der Waals surface area contributed by atoms with Crippen LogP contribution in [0, 0.1) is 0 Å². The largest absolute Gasteiger partial charge is 0.374 e. The molecule has 1 aliphatic rings. The molecule has 2 heterocycles. The summed E-state index contributed by atoms with van der Waals surface area (Å²) in [5.74, 6) is 0. The van der Waals surface area contributed by atoms with E-state index in [0.29, 0.717) is 28.9 Å². The van der Waals surface area contributed by atoms with Crippen LogP contribution >= 0.6 is 11.3 Å². The lowest BCUT2D eigenvalue weighted by atomic mass is 10.2. The van der Waals surface area contributed by atoms with E-state index in [1.807, 2.05) is 6.07 Å². The van der Waals surface area contributed by atoms with Crippen LogP contribution in [0.5, 0.6) is 0 Å². The number of rotatable bonds is 4. The molecular formula is C15H19N7O2S. The molecule has 1 atom stereocenters. The van der Waals surface area contributed by atoms with E-state index >= 15 is 0 Å². The Labute approximate surface area is 148 Å². The van der Waals surface area contributed by atoms with Gasteiger partial charge in [-0.2, -0.15) is 0 Å². The van der Waals surface area contributed by atoms with Gasteiger partial charge in [0.25, 0.3) is 0 Å². The molecule has 3 rings (SSSR count). The fourth-order valence-corrected chi connectivity index (χ4v) is 3.10. The average Bonchev–Trinajstić information content (AvgIpc) is 3.14. The first kappa shape index (κ1) is 17.0. The van der Waals surface area contributed by atoms with Gasteiger partial charge in [0.1, 0.15) is 5.01 Å². The molecule has 10 heteroatoms. The lowest BCUT2D eigenvalue weighted by Crippen LogP contribution is -2.31. The molecule has 0 spiro atoms. The first-order valence-electron chi connectivity index (χ1n) is 7.73. The summed E-state index contributed by atoms with van der Waals surface area (Å²) in [7, 11) is 1.76. The van der Waals surface area contributed by atoms with Gasteiger partial charge in [0.2, 0.25) is 5.13 Å². The Morgan fingerprint density at radius 3 is 2.80 bits per heavy atom. The smallest absolute Gasteiger partial charge is 0.324 e. The molecular weight excluding hydrogens is 342 g/mol. The summed E-state index contributed by atoms with van der Waals surface area (Å²) in [4.78, 5) is 27.6. The number of likely N-dealkylation sites (N-methyl/N-ethyl adjacent to an activating group) is 1. The highest BCUT2D eigenvalue weighted by atomic mass is 32.1. The molecule has 9 nitrogen and oxygen atoms in total. The van der Waals surface area contributed by atoms with Crippen LogP contribution in [0.25, 0.3) is 0 Å². The van der Waals surface area contributed by atoms with Gasteiger partial charge in [0, 0.05) is 31.5 Å². The van der Waals surface area contributed by atoms with E-state index in [2.05, 4.69) is 20.8 Å². The molecule has 1 saturated heterocycles. The van der Waals surface area contributed by atoms with Gasteiger partial charge in [-0.05, 0) is 25.1 Å². The zero-order chi connectivity index (χ0) is 18.0. The average molecular weight is 361 g/mol. The number of hydrogen-bond donors (Lipinski definition) is 3. The van der Waals surface area contributed by atoms with Gasteiger partial charge < -0.3 is 21.3 Å². The third-order valence-electron chi connectivity index (χ3n) is 3.81. The molecule has 0 radical (unpaired) electrons. The summed E-state index contributed by atoms with van der Waals surface area (Å²) in [5, 5.41) is 14.2. The van der Waals surface area contributed by atoms with Crippen molar-refractivity contribution >= 4 is 39.9 Å². The Hall–Kier alpha value is -2.88. The van der Waals surface area contributed by atoms with Gasteiger partial charge in [-0.3, -0.25) is 4.90 Å². The van der Waals surface area contributed by atoms with Crippen LogP contribution < -0.4 is 21.3 Å². The first-order valence-corrected chi connectivity index (χ1v) is 8.55. The second kappa shape index (κ2) is 6.93. The zero-order valence-electron chi connectivity index (χ0n) is 13.9. The van der Waals surface area contributed by atoms with E-state index < -0.39 is 0 Å². The molecule has 4 N–H and O–H groups in total. The van der Waals surface area contributed by atoms with Gasteiger partial charge in [0.15, 0.2) is 0 Å². The van der Waals surface area contributed by atoms with Crippen LogP contribution in [0.4, 0.5) is 26.1 Å². The number of nitrogen functional groups attached to an aromatic ring is 1. The quantitative estimate of drug-likeness (QED) is 0.769. The van der Waals surface area contributed by atoms with Crippen molar-refractivity contribution in [3.8, 4) is 0 Å². The van der Waals surface area contributed by atoms with Crippen molar-refractivity contribution in [3.05, 3.63) is 29.3 Å². The van der Waals surface area contributed by atoms with Gasteiger partial charge in [-0.1, -0.05) is 17.4 Å². The molecule has 2 aromatic rings. The Kier molecular flexibility index (Phi) is 4.70. The lowest BCUT2D eigenvalue weighted by Gasteiger charge is -2.17. The second-order valence-corrected chi connectivity index (χ2v) is 6.75. The van der Waals surface area contributed by atoms with E-state index in [-0.39, 0.29) is 18.1 Å². The SMILES string of the molecule is C[C@H](NC(=O)Nc1cccc(N2CCN(C)C2=O)c1)c1nnc(N)s1. The third kappa shape index (κ3) is 3.79. The number of nitrogens with one attached hydrogen (secondary N) is 2. The standard InChI is InChI=1S/C15H19N7O2S/c1-9(12-19-20-13(16)25-12)17-14(23)18-10-4-3-5-11(8-10)22-7-6-21(2)15(22)24/h3-5,8-9H,6-7H2,1-2H3,(H2,16,20)(H2,17,18,23)/t9-/m0/s1. The maximum Gasteiger partial charge on any atom is 0.324 e. The Morgan fingerprint density at radius 2 is 2.16 bits per heavy atom. The molecule has 25 heavy (non-hydrogen) atoms. The van der Waals surface area contributed by atoms with E-state index in [1.54, 1.807) is 42.0 Å². The van der Waals surface area contributed by atoms with Crippen LogP contribution in [0.2, 0.25) is 0 Å². The summed E-state index contributed by atoms with van der Waals surface area (Å²) < 4.78 is 0. The first-order chi connectivity index (χ1) is 11.9. The van der Waals surface area contributed by atoms with Crippen LogP contribution in [0.15, 0.2) is 24.3 Å². The molecule has 4 amide bonds. The third-order valence-corrected chi connectivity index (χ3v) is 4.74. The Balaban J connectivity index is 1.64.